The molecule has 0 aliphatic carbocycles. The van der Waals surface area contributed by atoms with Gasteiger partial charge in [0.1, 0.15) is 5.69 Å². The van der Waals surface area contributed by atoms with E-state index in [1.807, 2.05) is 10.3 Å². The number of amides is 1. The fourth-order valence-corrected chi connectivity index (χ4v) is 2.36. The number of hydrogen-bond acceptors (Lipinski definition) is 3. The fraction of sp³-hybridized carbons (Fsp3) is 0.600. The molecule has 0 bridgehead atoms. The van der Waals surface area contributed by atoms with Gasteiger partial charge in [0.05, 0.1) is 5.51 Å². The standard InChI is InChI=1S/C10H14N2OS/c1-2-8-3-4-12(5-8)10(13)9-6-14-7-11-9/h6-8H,2-5H2,1H3. The Balaban J connectivity index is 2.00. The van der Waals surface area contributed by atoms with E-state index in [1.165, 1.54) is 17.8 Å². The molecule has 4 heteroatoms. The predicted molar refractivity (Wildman–Crippen MR) is 56.4 cm³/mol. The summed E-state index contributed by atoms with van der Waals surface area (Å²) >= 11 is 1.47. The monoisotopic (exact) mass is 210 g/mol. The Morgan fingerprint density at radius 2 is 2.64 bits per heavy atom. The van der Waals surface area contributed by atoms with Crippen LogP contribution in [0.2, 0.25) is 0 Å². The number of likely N-dealkylation sites (tertiary alicyclic amines) is 1. The van der Waals surface area contributed by atoms with Crippen LogP contribution >= 0.6 is 11.3 Å². The summed E-state index contributed by atoms with van der Waals surface area (Å²) in [4.78, 5) is 17.8. The predicted octanol–water partition coefficient (Wildman–Crippen LogP) is 2.02. The zero-order valence-electron chi connectivity index (χ0n) is 8.27. The van der Waals surface area contributed by atoms with Crippen molar-refractivity contribution in [3.05, 3.63) is 16.6 Å². The highest BCUT2D eigenvalue weighted by atomic mass is 32.1. The van der Waals surface area contributed by atoms with Crippen LogP contribution < -0.4 is 0 Å². The molecule has 1 atom stereocenters. The van der Waals surface area contributed by atoms with Crippen LogP contribution in [-0.4, -0.2) is 28.9 Å². The molecular formula is C10H14N2OS. The molecular weight excluding hydrogens is 196 g/mol. The topological polar surface area (TPSA) is 33.2 Å². The van der Waals surface area contributed by atoms with E-state index in [-0.39, 0.29) is 5.91 Å². The van der Waals surface area contributed by atoms with Crippen molar-refractivity contribution in [3.63, 3.8) is 0 Å². The lowest BCUT2D eigenvalue weighted by Gasteiger charge is -2.14. The minimum atomic E-state index is 0.0993. The van der Waals surface area contributed by atoms with Crippen molar-refractivity contribution < 1.29 is 4.79 Å². The van der Waals surface area contributed by atoms with Crippen LogP contribution in [0.4, 0.5) is 0 Å². The molecule has 1 aromatic rings. The molecule has 2 heterocycles. The van der Waals surface area contributed by atoms with Crippen molar-refractivity contribution in [1.29, 1.82) is 0 Å². The fourth-order valence-electron chi connectivity index (χ4n) is 1.83. The maximum absolute atomic E-state index is 11.8. The van der Waals surface area contributed by atoms with Crippen LogP contribution in [0.25, 0.3) is 0 Å². The largest absolute Gasteiger partial charge is 0.337 e. The highest BCUT2D eigenvalue weighted by molar-refractivity contribution is 7.07. The van der Waals surface area contributed by atoms with Gasteiger partial charge in [-0.2, -0.15) is 0 Å². The lowest BCUT2D eigenvalue weighted by molar-refractivity contribution is 0.0782. The second-order valence-corrected chi connectivity index (χ2v) is 4.41. The first-order valence-corrected chi connectivity index (χ1v) is 5.93. The Kier molecular flexibility index (Phi) is 2.82. The molecule has 3 nitrogen and oxygen atoms in total. The van der Waals surface area contributed by atoms with Gasteiger partial charge >= 0.3 is 0 Å². The molecule has 1 aromatic heterocycles. The molecule has 2 rings (SSSR count). The lowest BCUT2D eigenvalue weighted by atomic mass is 10.1. The van der Waals surface area contributed by atoms with E-state index < -0.39 is 0 Å². The number of thiazole rings is 1. The van der Waals surface area contributed by atoms with Gasteiger partial charge in [0, 0.05) is 18.5 Å². The SMILES string of the molecule is CCC1CCN(C(=O)c2cscn2)C1. The third-order valence-corrected chi connectivity index (χ3v) is 3.39. The average molecular weight is 210 g/mol. The number of hydrogen-bond donors (Lipinski definition) is 0. The molecule has 1 saturated heterocycles. The lowest BCUT2D eigenvalue weighted by Crippen LogP contribution is -2.28. The van der Waals surface area contributed by atoms with Gasteiger partial charge in [-0.25, -0.2) is 4.98 Å². The number of nitrogens with zero attached hydrogens (tertiary/aromatic N) is 2. The molecule has 0 radical (unpaired) electrons. The zero-order valence-corrected chi connectivity index (χ0v) is 9.09. The van der Waals surface area contributed by atoms with Gasteiger partial charge in [-0.05, 0) is 12.3 Å². The summed E-state index contributed by atoms with van der Waals surface area (Å²) in [6.45, 7) is 3.99. The van der Waals surface area contributed by atoms with Crippen molar-refractivity contribution >= 4 is 17.2 Å². The number of aromatic nitrogens is 1. The molecule has 0 aromatic carbocycles. The van der Waals surface area contributed by atoms with E-state index in [0.717, 1.165) is 19.5 Å². The van der Waals surface area contributed by atoms with Gasteiger partial charge in [-0.15, -0.1) is 11.3 Å². The number of carbonyl (C=O) groups is 1. The zero-order chi connectivity index (χ0) is 9.97. The van der Waals surface area contributed by atoms with Gasteiger partial charge < -0.3 is 4.90 Å². The quantitative estimate of drug-likeness (QED) is 0.748. The van der Waals surface area contributed by atoms with Crippen molar-refractivity contribution in [2.75, 3.05) is 13.1 Å². The summed E-state index contributed by atoms with van der Waals surface area (Å²) in [5.74, 6) is 0.791. The van der Waals surface area contributed by atoms with Crippen LogP contribution in [0.3, 0.4) is 0 Å². The minimum Gasteiger partial charge on any atom is -0.337 e. The Bertz CT molecular complexity index is 310. The first kappa shape index (κ1) is 9.65. The smallest absolute Gasteiger partial charge is 0.273 e. The molecule has 1 fully saturated rings. The second kappa shape index (κ2) is 4.09. The van der Waals surface area contributed by atoms with Crippen LogP contribution in [0.1, 0.15) is 30.3 Å². The summed E-state index contributed by atoms with van der Waals surface area (Å²) in [7, 11) is 0. The maximum atomic E-state index is 11.8. The Morgan fingerprint density at radius 1 is 1.79 bits per heavy atom. The molecule has 0 spiro atoms. The first-order valence-electron chi connectivity index (χ1n) is 4.98. The third kappa shape index (κ3) is 1.80. The molecule has 14 heavy (non-hydrogen) atoms. The highest BCUT2D eigenvalue weighted by Gasteiger charge is 2.26. The normalized spacial score (nSPS) is 21.5. The van der Waals surface area contributed by atoms with Gasteiger partial charge in [0.25, 0.3) is 5.91 Å². The van der Waals surface area contributed by atoms with Gasteiger partial charge in [-0.3, -0.25) is 4.79 Å². The van der Waals surface area contributed by atoms with Gasteiger partial charge in [0.15, 0.2) is 0 Å². The van der Waals surface area contributed by atoms with Gasteiger partial charge in [-0.1, -0.05) is 13.3 Å². The molecule has 0 N–H and O–H groups in total. The highest BCUT2D eigenvalue weighted by Crippen LogP contribution is 2.20. The minimum absolute atomic E-state index is 0.0993. The van der Waals surface area contributed by atoms with E-state index >= 15 is 0 Å². The second-order valence-electron chi connectivity index (χ2n) is 3.69. The van der Waals surface area contributed by atoms with Crippen LogP contribution in [0.15, 0.2) is 10.9 Å². The Labute approximate surface area is 87.8 Å². The molecule has 1 amide bonds. The molecule has 1 aliphatic heterocycles. The first-order chi connectivity index (χ1) is 6.81. The summed E-state index contributed by atoms with van der Waals surface area (Å²) in [6.07, 6.45) is 2.31. The summed E-state index contributed by atoms with van der Waals surface area (Å²) < 4.78 is 0. The van der Waals surface area contributed by atoms with E-state index in [2.05, 4.69) is 11.9 Å². The summed E-state index contributed by atoms with van der Waals surface area (Å²) in [6, 6.07) is 0. The van der Waals surface area contributed by atoms with Crippen LogP contribution in [0.5, 0.6) is 0 Å². The third-order valence-electron chi connectivity index (χ3n) is 2.80. The maximum Gasteiger partial charge on any atom is 0.273 e. The molecule has 76 valence electrons. The van der Waals surface area contributed by atoms with E-state index in [9.17, 15) is 4.79 Å². The summed E-state index contributed by atoms with van der Waals surface area (Å²) in [5.41, 5.74) is 2.31. The van der Waals surface area contributed by atoms with E-state index in [4.69, 9.17) is 0 Å². The average Bonchev–Trinajstić information content (AvgIpc) is 2.88. The van der Waals surface area contributed by atoms with E-state index in [0.29, 0.717) is 11.6 Å². The van der Waals surface area contributed by atoms with Crippen molar-refractivity contribution in [2.45, 2.75) is 19.8 Å². The van der Waals surface area contributed by atoms with Crippen LogP contribution in [-0.2, 0) is 0 Å². The number of rotatable bonds is 2. The molecule has 1 unspecified atom stereocenters. The van der Waals surface area contributed by atoms with Gasteiger partial charge in [0.2, 0.25) is 0 Å². The van der Waals surface area contributed by atoms with Crippen molar-refractivity contribution in [2.24, 2.45) is 5.92 Å². The molecule has 1 aliphatic rings. The number of carbonyl (C=O) groups excluding carboxylic acids is 1. The molecule has 0 saturated carbocycles. The summed E-state index contributed by atoms with van der Waals surface area (Å²) in [5, 5.41) is 1.82. The van der Waals surface area contributed by atoms with E-state index in [1.54, 1.807) is 5.51 Å². The van der Waals surface area contributed by atoms with Crippen molar-refractivity contribution in [3.8, 4) is 0 Å². The Morgan fingerprint density at radius 3 is 3.21 bits per heavy atom. The Hall–Kier alpha value is -0.900. The van der Waals surface area contributed by atoms with Crippen LogP contribution in [0, 0.1) is 5.92 Å². The van der Waals surface area contributed by atoms with Crippen molar-refractivity contribution in [1.82, 2.24) is 9.88 Å².